The second-order valence-corrected chi connectivity index (χ2v) is 5.63. The Balaban J connectivity index is 2.15. The van der Waals surface area contributed by atoms with Gasteiger partial charge in [0.2, 0.25) is 0 Å². The van der Waals surface area contributed by atoms with Crippen LogP contribution in [-0.4, -0.2) is 18.5 Å². The van der Waals surface area contributed by atoms with E-state index in [0.717, 1.165) is 5.69 Å². The van der Waals surface area contributed by atoms with E-state index in [9.17, 15) is 4.79 Å². The highest BCUT2D eigenvalue weighted by atomic mass is 16.1. The molecule has 1 saturated carbocycles. The zero-order valence-electron chi connectivity index (χ0n) is 11.8. The lowest BCUT2D eigenvalue weighted by molar-refractivity contribution is 0.0963. The van der Waals surface area contributed by atoms with Crippen LogP contribution in [0, 0.1) is 0 Å². The summed E-state index contributed by atoms with van der Waals surface area (Å²) in [5.41, 5.74) is 8.33. The van der Waals surface area contributed by atoms with Gasteiger partial charge in [0.25, 0.3) is 5.91 Å². The van der Waals surface area contributed by atoms with Crippen molar-refractivity contribution in [2.75, 3.05) is 18.1 Å². The monoisotopic (exact) mass is 261 g/mol. The summed E-state index contributed by atoms with van der Waals surface area (Å²) in [6.45, 7) is 2.25. The first kappa shape index (κ1) is 13.7. The molecule has 2 rings (SSSR count). The maximum absolute atomic E-state index is 11.5. The summed E-state index contributed by atoms with van der Waals surface area (Å²) < 4.78 is 0. The molecule has 0 aliphatic heterocycles. The van der Waals surface area contributed by atoms with Crippen LogP contribution in [0.3, 0.4) is 0 Å². The van der Waals surface area contributed by atoms with Crippen LogP contribution < -0.4 is 16.4 Å². The van der Waals surface area contributed by atoms with Gasteiger partial charge in [0.05, 0.1) is 11.4 Å². The average Bonchev–Trinajstić information content (AvgIpc) is 2.41. The Bertz CT molecular complexity index is 464. The van der Waals surface area contributed by atoms with E-state index < -0.39 is 0 Å². The molecule has 0 spiro atoms. The molecule has 0 heterocycles. The number of hydrogen-bond acceptors (Lipinski definition) is 3. The van der Waals surface area contributed by atoms with Crippen LogP contribution in [0.1, 0.15) is 49.4 Å². The van der Waals surface area contributed by atoms with Crippen molar-refractivity contribution in [3.05, 3.63) is 23.8 Å². The van der Waals surface area contributed by atoms with Gasteiger partial charge in [0.15, 0.2) is 0 Å². The van der Waals surface area contributed by atoms with Crippen molar-refractivity contribution in [1.29, 1.82) is 0 Å². The number of carbonyl (C=O) groups is 1. The van der Waals surface area contributed by atoms with Crippen LogP contribution in [0.4, 0.5) is 11.4 Å². The molecule has 1 fully saturated rings. The van der Waals surface area contributed by atoms with Crippen molar-refractivity contribution in [1.82, 2.24) is 5.32 Å². The van der Waals surface area contributed by atoms with Gasteiger partial charge in [-0.1, -0.05) is 19.3 Å². The minimum atomic E-state index is -0.109. The number of nitrogens with two attached hydrogens (primary N) is 1. The summed E-state index contributed by atoms with van der Waals surface area (Å²) in [7, 11) is 1.62. The Labute approximate surface area is 114 Å². The van der Waals surface area contributed by atoms with Crippen molar-refractivity contribution in [2.45, 2.75) is 44.6 Å². The topological polar surface area (TPSA) is 67.2 Å². The highest BCUT2D eigenvalue weighted by molar-refractivity contribution is 5.95. The normalized spacial score (nSPS) is 17.8. The molecule has 19 heavy (non-hydrogen) atoms. The van der Waals surface area contributed by atoms with Gasteiger partial charge < -0.3 is 16.4 Å². The molecule has 1 aliphatic carbocycles. The summed E-state index contributed by atoms with van der Waals surface area (Å²) in [6.07, 6.45) is 6.19. The van der Waals surface area contributed by atoms with Gasteiger partial charge in [0.1, 0.15) is 0 Å². The molecule has 4 nitrogen and oxygen atoms in total. The summed E-state index contributed by atoms with van der Waals surface area (Å²) >= 11 is 0. The molecular formula is C15H23N3O. The first-order chi connectivity index (χ1) is 9.04. The number of benzene rings is 1. The number of carbonyl (C=O) groups excluding carboxylic acids is 1. The average molecular weight is 261 g/mol. The van der Waals surface area contributed by atoms with Gasteiger partial charge in [-0.25, -0.2) is 0 Å². The molecule has 104 valence electrons. The number of amides is 1. The van der Waals surface area contributed by atoms with E-state index in [1.54, 1.807) is 13.1 Å². The fraction of sp³-hybridized carbons (Fsp3) is 0.533. The van der Waals surface area contributed by atoms with Crippen LogP contribution in [0.15, 0.2) is 18.2 Å². The lowest BCUT2D eigenvalue weighted by Gasteiger charge is -2.36. The smallest absolute Gasteiger partial charge is 0.251 e. The first-order valence-corrected chi connectivity index (χ1v) is 6.94. The Hall–Kier alpha value is -1.71. The van der Waals surface area contributed by atoms with Gasteiger partial charge >= 0.3 is 0 Å². The van der Waals surface area contributed by atoms with Gasteiger partial charge in [-0.15, -0.1) is 0 Å². The minimum absolute atomic E-state index is 0.109. The second-order valence-electron chi connectivity index (χ2n) is 5.63. The van der Waals surface area contributed by atoms with Gasteiger partial charge in [-0.3, -0.25) is 4.79 Å². The quantitative estimate of drug-likeness (QED) is 0.733. The Kier molecular flexibility index (Phi) is 3.98. The van der Waals surface area contributed by atoms with Crippen LogP contribution in [0.5, 0.6) is 0 Å². The molecule has 1 aliphatic rings. The van der Waals surface area contributed by atoms with E-state index >= 15 is 0 Å². The van der Waals surface area contributed by atoms with Crippen LogP contribution in [-0.2, 0) is 0 Å². The van der Waals surface area contributed by atoms with Crippen LogP contribution >= 0.6 is 0 Å². The molecule has 0 radical (unpaired) electrons. The third kappa shape index (κ3) is 3.19. The molecular weight excluding hydrogens is 238 g/mol. The van der Waals surface area contributed by atoms with Crippen LogP contribution in [0.2, 0.25) is 0 Å². The zero-order valence-corrected chi connectivity index (χ0v) is 11.8. The summed E-state index contributed by atoms with van der Waals surface area (Å²) in [6, 6.07) is 5.44. The van der Waals surface area contributed by atoms with E-state index in [0.29, 0.717) is 11.3 Å². The SMILES string of the molecule is CNC(=O)c1ccc(NC2(C)CCCCC2)c(N)c1. The number of rotatable bonds is 3. The predicted octanol–water partition coefficient (Wildman–Crippen LogP) is 2.76. The van der Waals surface area contributed by atoms with Crippen molar-refractivity contribution >= 4 is 17.3 Å². The van der Waals surface area contributed by atoms with Crippen molar-refractivity contribution in [2.24, 2.45) is 0 Å². The van der Waals surface area contributed by atoms with Crippen molar-refractivity contribution in [3.8, 4) is 0 Å². The van der Waals surface area contributed by atoms with E-state index in [4.69, 9.17) is 5.73 Å². The number of nitrogen functional groups attached to an aromatic ring is 1. The summed E-state index contributed by atoms with van der Waals surface area (Å²) in [4.78, 5) is 11.5. The standard InChI is InChI=1S/C15H23N3O/c1-15(8-4-3-5-9-15)18-13-7-6-11(10-12(13)16)14(19)17-2/h6-7,10,18H,3-5,8-9,16H2,1-2H3,(H,17,19). The van der Waals surface area contributed by atoms with E-state index in [1.807, 2.05) is 12.1 Å². The number of nitrogens with one attached hydrogen (secondary N) is 2. The lowest BCUT2D eigenvalue weighted by atomic mass is 9.83. The Morgan fingerprint density at radius 1 is 1.26 bits per heavy atom. The van der Waals surface area contributed by atoms with Crippen molar-refractivity contribution < 1.29 is 4.79 Å². The maximum atomic E-state index is 11.5. The second kappa shape index (κ2) is 5.51. The predicted molar refractivity (Wildman–Crippen MR) is 79.4 cm³/mol. The highest BCUT2D eigenvalue weighted by Gasteiger charge is 2.26. The molecule has 1 aromatic rings. The Morgan fingerprint density at radius 3 is 2.53 bits per heavy atom. The highest BCUT2D eigenvalue weighted by Crippen LogP contribution is 2.33. The van der Waals surface area contributed by atoms with Gasteiger partial charge in [-0.2, -0.15) is 0 Å². The van der Waals surface area contributed by atoms with E-state index in [-0.39, 0.29) is 11.4 Å². The third-order valence-electron chi connectivity index (χ3n) is 3.93. The molecule has 1 aromatic carbocycles. The first-order valence-electron chi connectivity index (χ1n) is 6.94. The fourth-order valence-electron chi connectivity index (χ4n) is 2.74. The lowest BCUT2D eigenvalue weighted by Crippen LogP contribution is -2.37. The largest absolute Gasteiger partial charge is 0.397 e. The van der Waals surface area contributed by atoms with E-state index in [2.05, 4.69) is 17.6 Å². The van der Waals surface area contributed by atoms with Crippen molar-refractivity contribution in [3.63, 3.8) is 0 Å². The third-order valence-corrected chi connectivity index (χ3v) is 3.93. The minimum Gasteiger partial charge on any atom is -0.397 e. The molecule has 0 atom stereocenters. The number of hydrogen-bond donors (Lipinski definition) is 3. The molecule has 4 N–H and O–H groups in total. The molecule has 0 unspecified atom stereocenters. The fourth-order valence-corrected chi connectivity index (χ4v) is 2.74. The summed E-state index contributed by atoms with van der Waals surface area (Å²) in [5, 5.41) is 6.15. The van der Waals surface area contributed by atoms with Crippen LogP contribution in [0.25, 0.3) is 0 Å². The molecule has 0 saturated heterocycles. The molecule has 1 amide bonds. The molecule has 0 aromatic heterocycles. The van der Waals surface area contributed by atoms with Gasteiger partial charge in [-0.05, 0) is 38.0 Å². The summed E-state index contributed by atoms with van der Waals surface area (Å²) in [5.74, 6) is -0.109. The Morgan fingerprint density at radius 2 is 1.95 bits per heavy atom. The molecule has 4 heteroatoms. The molecule has 0 bridgehead atoms. The van der Waals surface area contributed by atoms with Gasteiger partial charge in [0, 0.05) is 18.2 Å². The zero-order chi connectivity index (χ0) is 13.9. The maximum Gasteiger partial charge on any atom is 0.251 e. The number of anilines is 2. The van der Waals surface area contributed by atoms with E-state index in [1.165, 1.54) is 32.1 Å².